The summed E-state index contributed by atoms with van der Waals surface area (Å²) < 4.78 is 50.9. The average Bonchev–Trinajstić information content (AvgIpc) is 2.88. The number of likely N-dealkylation sites (tertiary alicyclic amines) is 1. The van der Waals surface area contributed by atoms with Gasteiger partial charge in [-0.25, -0.2) is 4.39 Å². The SMILES string of the molecule is O=CO.OC[C@@H]1CN(Cc2ccc(C(F)(F)F)c(F)c2)C[C@H]1CO. The van der Waals surface area contributed by atoms with Crippen molar-refractivity contribution in [3.63, 3.8) is 0 Å². The van der Waals surface area contributed by atoms with E-state index in [0.29, 0.717) is 25.2 Å². The Morgan fingerprint density at radius 2 is 1.67 bits per heavy atom. The second-order valence-electron chi connectivity index (χ2n) is 5.50. The number of aliphatic hydroxyl groups is 2. The number of aliphatic hydroxyl groups excluding tert-OH is 2. The van der Waals surface area contributed by atoms with Gasteiger partial charge in [0.25, 0.3) is 6.47 Å². The third-order valence-corrected chi connectivity index (χ3v) is 3.87. The van der Waals surface area contributed by atoms with Crippen LogP contribution in [0.1, 0.15) is 11.1 Å². The molecule has 1 fully saturated rings. The minimum Gasteiger partial charge on any atom is -0.483 e. The van der Waals surface area contributed by atoms with Crippen molar-refractivity contribution < 1.29 is 37.7 Å². The number of alkyl halides is 3. The summed E-state index contributed by atoms with van der Waals surface area (Å²) in [5.74, 6) is -1.40. The fourth-order valence-electron chi connectivity index (χ4n) is 2.72. The molecule has 2 rings (SSSR count). The first-order chi connectivity index (χ1) is 11.3. The van der Waals surface area contributed by atoms with Crippen LogP contribution in [-0.2, 0) is 17.5 Å². The van der Waals surface area contributed by atoms with E-state index in [0.717, 1.165) is 12.1 Å². The lowest BCUT2D eigenvalue weighted by atomic mass is 9.98. The molecular weight excluding hydrogens is 334 g/mol. The number of hydrogen-bond acceptors (Lipinski definition) is 4. The number of carboxylic acid groups (broad SMARTS) is 1. The lowest BCUT2D eigenvalue weighted by Crippen LogP contribution is -2.21. The Kier molecular flexibility index (Phi) is 7.59. The number of carbonyl (C=O) groups is 1. The molecule has 0 aromatic heterocycles. The first-order valence-electron chi connectivity index (χ1n) is 7.14. The van der Waals surface area contributed by atoms with Gasteiger partial charge in [-0.15, -0.1) is 0 Å². The first kappa shape index (κ1) is 20.3. The lowest BCUT2D eigenvalue weighted by molar-refractivity contribution is -0.140. The topological polar surface area (TPSA) is 81.0 Å². The summed E-state index contributed by atoms with van der Waals surface area (Å²) in [6.45, 7) is 1.00. The molecule has 0 spiro atoms. The Hall–Kier alpha value is -1.71. The fraction of sp³-hybridized carbons (Fsp3) is 0.533. The van der Waals surface area contributed by atoms with Gasteiger partial charge in [0.1, 0.15) is 5.82 Å². The largest absolute Gasteiger partial charge is 0.483 e. The van der Waals surface area contributed by atoms with Crippen LogP contribution in [0.4, 0.5) is 17.6 Å². The van der Waals surface area contributed by atoms with Crippen LogP contribution >= 0.6 is 0 Å². The molecule has 0 bridgehead atoms. The van der Waals surface area contributed by atoms with Crippen molar-refractivity contribution in [2.45, 2.75) is 12.7 Å². The van der Waals surface area contributed by atoms with E-state index in [1.54, 1.807) is 0 Å². The standard InChI is InChI=1S/C14H17F4NO2.CH2O2/c15-13-3-9(1-2-12(13)14(16,17)18)4-19-5-10(7-20)11(6-19)8-21;2-1-3/h1-3,10-11,20-21H,4-8H2;1H,(H,2,3)/t10-,11-;/m0./s1. The Morgan fingerprint density at radius 1 is 1.17 bits per heavy atom. The second-order valence-corrected chi connectivity index (χ2v) is 5.50. The van der Waals surface area contributed by atoms with Gasteiger partial charge in [0.2, 0.25) is 0 Å². The van der Waals surface area contributed by atoms with Crippen LogP contribution in [0.5, 0.6) is 0 Å². The predicted octanol–water partition coefficient (Wildman–Crippen LogP) is 1.58. The molecule has 2 atom stereocenters. The van der Waals surface area contributed by atoms with Gasteiger partial charge >= 0.3 is 6.18 Å². The van der Waals surface area contributed by atoms with Crippen molar-refractivity contribution >= 4 is 6.47 Å². The molecule has 0 amide bonds. The van der Waals surface area contributed by atoms with Gasteiger partial charge in [0, 0.05) is 44.7 Å². The van der Waals surface area contributed by atoms with Crippen molar-refractivity contribution in [3.8, 4) is 0 Å². The van der Waals surface area contributed by atoms with E-state index in [9.17, 15) is 27.8 Å². The summed E-state index contributed by atoms with van der Waals surface area (Å²) in [6, 6.07) is 2.89. The van der Waals surface area contributed by atoms with E-state index in [2.05, 4.69) is 0 Å². The zero-order valence-electron chi connectivity index (χ0n) is 12.7. The van der Waals surface area contributed by atoms with E-state index >= 15 is 0 Å². The van der Waals surface area contributed by atoms with Crippen molar-refractivity contribution in [1.82, 2.24) is 4.90 Å². The quantitative estimate of drug-likeness (QED) is 0.566. The van der Waals surface area contributed by atoms with Gasteiger partial charge in [-0.2, -0.15) is 13.2 Å². The highest BCUT2D eigenvalue weighted by Gasteiger charge is 2.35. The number of hydrogen-bond donors (Lipinski definition) is 3. The van der Waals surface area contributed by atoms with Crippen LogP contribution in [0.2, 0.25) is 0 Å². The third kappa shape index (κ3) is 5.43. The molecule has 136 valence electrons. The van der Waals surface area contributed by atoms with E-state index in [1.807, 2.05) is 4.90 Å². The maximum absolute atomic E-state index is 13.5. The predicted molar refractivity (Wildman–Crippen MR) is 76.5 cm³/mol. The zero-order valence-corrected chi connectivity index (χ0v) is 12.7. The van der Waals surface area contributed by atoms with Crippen molar-refractivity contribution in [2.75, 3.05) is 26.3 Å². The van der Waals surface area contributed by atoms with Crippen LogP contribution in [0.15, 0.2) is 18.2 Å². The summed E-state index contributed by atoms with van der Waals surface area (Å²) in [4.78, 5) is 10.3. The molecule has 0 unspecified atom stereocenters. The van der Waals surface area contributed by atoms with E-state index in [-0.39, 0.29) is 31.5 Å². The first-order valence-corrected chi connectivity index (χ1v) is 7.14. The molecule has 3 N–H and O–H groups in total. The molecule has 1 aliphatic rings. The van der Waals surface area contributed by atoms with Crippen LogP contribution in [-0.4, -0.2) is 53.0 Å². The van der Waals surface area contributed by atoms with Crippen LogP contribution < -0.4 is 0 Å². The molecule has 5 nitrogen and oxygen atoms in total. The smallest absolute Gasteiger partial charge is 0.419 e. The van der Waals surface area contributed by atoms with Gasteiger partial charge < -0.3 is 15.3 Å². The van der Waals surface area contributed by atoms with Crippen molar-refractivity contribution in [3.05, 3.63) is 35.1 Å². The van der Waals surface area contributed by atoms with E-state index in [1.165, 1.54) is 6.07 Å². The molecule has 24 heavy (non-hydrogen) atoms. The second kappa shape index (κ2) is 8.95. The zero-order chi connectivity index (χ0) is 18.3. The molecule has 9 heteroatoms. The molecule has 1 aromatic rings. The Bertz CT molecular complexity index is 527. The molecular formula is C15H19F4NO4. The Labute approximate surface area is 136 Å². The number of rotatable bonds is 4. The highest BCUT2D eigenvalue weighted by molar-refractivity contribution is 5.32. The maximum atomic E-state index is 13.5. The van der Waals surface area contributed by atoms with Gasteiger partial charge in [0.15, 0.2) is 0 Å². The molecule has 0 aliphatic carbocycles. The molecule has 0 radical (unpaired) electrons. The minimum absolute atomic E-state index is 0.0525. The summed E-state index contributed by atoms with van der Waals surface area (Å²) in [5.41, 5.74) is -0.829. The fourth-order valence-corrected chi connectivity index (χ4v) is 2.72. The monoisotopic (exact) mass is 353 g/mol. The average molecular weight is 353 g/mol. The van der Waals surface area contributed by atoms with Crippen LogP contribution in [0.3, 0.4) is 0 Å². The number of nitrogens with zero attached hydrogens (tertiary/aromatic N) is 1. The lowest BCUT2D eigenvalue weighted by Gasteiger charge is -2.16. The summed E-state index contributed by atoms with van der Waals surface area (Å²) in [7, 11) is 0. The highest BCUT2D eigenvalue weighted by atomic mass is 19.4. The van der Waals surface area contributed by atoms with Gasteiger partial charge in [0.05, 0.1) is 5.56 Å². The molecule has 1 saturated heterocycles. The Balaban J connectivity index is 0.000000891. The molecule has 0 saturated carbocycles. The van der Waals surface area contributed by atoms with Crippen LogP contribution in [0, 0.1) is 17.7 Å². The Morgan fingerprint density at radius 3 is 2.04 bits per heavy atom. The highest BCUT2D eigenvalue weighted by Crippen LogP contribution is 2.32. The summed E-state index contributed by atoms with van der Waals surface area (Å²) in [5, 5.41) is 25.3. The van der Waals surface area contributed by atoms with Gasteiger partial charge in [-0.3, -0.25) is 9.69 Å². The van der Waals surface area contributed by atoms with Crippen molar-refractivity contribution in [1.29, 1.82) is 0 Å². The van der Waals surface area contributed by atoms with Crippen LogP contribution in [0.25, 0.3) is 0 Å². The number of halogens is 4. The van der Waals surface area contributed by atoms with Gasteiger partial charge in [-0.1, -0.05) is 6.07 Å². The molecule has 1 aromatic carbocycles. The summed E-state index contributed by atoms with van der Waals surface area (Å²) >= 11 is 0. The normalized spacial score (nSPS) is 21.2. The number of benzene rings is 1. The molecule has 1 heterocycles. The van der Waals surface area contributed by atoms with Crippen molar-refractivity contribution in [2.24, 2.45) is 11.8 Å². The summed E-state index contributed by atoms with van der Waals surface area (Å²) in [6.07, 6.45) is -4.69. The van der Waals surface area contributed by atoms with Gasteiger partial charge in [-0.05, 0) is 17.7 Å². The maximum Gasteiger partial charge on any atom is 0.419 e. The minimum atomic E-state index is -4.69. The van der Waals surface area contributed by atoms with E-state index in [4.69, 9.17) is 9.90 Å². The van der Waals surface area contributed by atoms with E-state index < -0.39 is 17.6 Å². The third-order valence-electron chi connectivity index (χ3n) is 3.87. The molecule has 1 aliphatic heterocycles.